The molecule has 1 unspecified atom stereocenters. The van der Waals surface area contributed by atoms with Crippen molar-refractivity contribution in [3.8, 4) is 0 Å². The maximum absolute atomic E-state index is 12.4. The zero-order valence-electron chi connectivity index (χ0n) is 18.0. The Morgan fingerprint density at radius 1 is 1.06 bits per heavy atom. The molecule has 0 aliphatic carbocycles. The Morgan fingerprint density at radius 3 is 2.48 bits per heavy atom. The van der Waals surface area contributed by atoms with E-state index in [2.05, 4.69) is 20.7 Å². The molecule has 0 aliphatic rings. The number of alkyl carbamates (subject to hydrolysis) is 1. The highest BCUT2D eigenvalue weighted by molar-refractivity contribution is 7.99. The fourth-order valence-electron chi connectivity index (χ4n) is 2.46. The molecule has 0 radical (unpaired) electrons. The van der Waals surface area contributed by atoms with Crippen LogP contribution in [0.3, 0.4) is 0 Å². The van der Waals surface area contributed by atoms with Crippen LogP contribution in [0.1, 0.15) is 38.2 Å². The van der Waals surface area contributed by atoms with Gasteiger partial charge in [-0.2, -0.15) is 0 Å². The molecule has 1 aromatic rings. The van der Waals surface area contributed by atoms with Crippen LogP contribution in [0, 0.1) is 0 Å². The second-order valence-corrected chi connectivity index (χ2v) is 7.77. The Hall–Kier alpha value is -2.75. The van der Waals surface area contributed by atoms with Crippen molar-refractivity contribution in [1.82, 2.24) is 16.0 Å². The van der Waals surface area contributed by atoms with Crippen LogP contribution in [0.25, 0.3) is 0 Å². The fraction of sp³-hybridized carbons (Fsp3) is 0.524. The molecular formula is C21H31N3O6S. The Bertz CT molecular complexity index is 702. The summed E-state index contributed by atoms with van der Waals surface area (Å²) < 4.78 is 9.88. The van der Waals surface area contributed by atoms with Crippen LogP contribution in [-0.2, 0) is 30.5 Å². The van der Waals surface area contributed by atoms with E-state index in [9.17, 15) is 19.2 Å². The number of esters is 1. The Kier molecular flexibility index (Phi) is 13.6. The van der Waals surface area contributed by atoms with Gasteiger partial charge in [0.2, 0.25) is 11.8 Å². The molecule has 0 saturated carbocycles. The van der Waals surface area contributed by atoms with Crippen LogP contribution in [0.15, 0.2) is 30.3 Å². The smallest absolute Gasteiger partial charge is 0.407 e. The quantitative estimate of drug-likeness (QED) is 0.224. The molecule has 1 atom stereocenters. The van der Waals surface area contributed by atoms with E-state index < -0.39 is 18.1 Å². The van der Waals surface area contributed by atoms with Crippen LogP contribution in [-0.4, -0.2) is 55.2 Å². The first-order chi connectivity index (χ1) is 14.9. The summed E-state index contributed by atoms with van der Waals surface area (Å²) in [5, 5.41) is 7.96. The molecule has 9 nitrogen and oxygen atoms in total. The number of hydrogen-bond donors (Lipinski definition) is 3. The lowest BCUT2D eigenvalue weighted by atomic mass is 10.1. The number of ether oxygens (including phenoxy) is 2. The summed E-state index contributed by atoms with van der Waals surface area (Å²) >= 11 is 1.48. The number of nitrogens with one attached hydrogen (secondary N) is 3. The highest BCUT2D eigenvalue weighted by Crippen LogP contribution is 2.07. The summed E-state index contributed by atoms with van der Waals surface area (Å²) in [4.78, 5) is 46.4. The van der Waals surface area contributed by atoms with E-state index in [1.54, 1.807) is 0 Å². The molecule has 0 aliphatic heterocycles. The molecule has 1 aromatic carbocycles. The van der Waals surface area contributed by atoms with Gasteiger partial charge >= 0.3 is 12.1 Å². The van der Waals surface area contributed by atoms with E-state index in [-0.39, 0.29) is 18.4 Å². The van der Waals surface area contributed by atoms with Crippen LogP contribution >= 0.6 is 11.8 Å². The van der Waals surface area contributed by atoms with Gasteiger partial charge in [0.05, 0.1) is 13.0 Å². The topological polar surface area (TPSA) is 123 Å². The molecule has 0 spiro atoms. The van der Waals surface area contributed by atoms with Crippen molar-refractivity contribution in [2.24, 2.45) is 0 Å². The minimum Gasteiger partial charge on any atom is -0.459 e. The predicted molar refractivity (Wildman–Crippen MR) is 118 cm³/mol. The minimum absolute atomic E-state index is 0.0677. The zero-order valence-corrected chi connectivity index (χ0v) is 18.8. The molecule has 0 heterocycles. The lowest BCUT2D eigenvalue weighted by molar-refractivity contribution is -0.147. The fourth-order valence-corrected chi connectivity index (χ4v) is 3.24. The molecule has 0 fully saturated rings. The van der Waals surface area contributed by atoms with Crippen LogP contribution < -0.4 is 16.0 Å². The molecule has 1 rings (SSSR count). The van der Waals surface area contributed by atoms with Crippen molar-refractivity contribution in [2.45, 2.75) is 45.3 Å². The standard InChI is InChI=1S/C21H31N3O6S/c1-16(25)23-15-31-13-11-19(26)22-12-7-6-10-18(24-21(28)29-2)20(27)30-14-17-8-4-3-5-9-17/h3-5,8-9,18H,6-7,10-15H2,1-2H3,(H,22,26)(H,23,25)(H,24,28). The van der Waals surface area contributed by atoms with Gasteiger partial charge in [0, 0.05) is 25.6 Å². The molecule has 172 valence electrons. The predicted octanol–water partition coefficient (Wildman–Crippen LogP) is 1.96. The summed E-state index contributed by atoms with van der Waals surface area (Å²) in [6.45, 7) is 2.04. The van der Waals surface area contributed by atoms with E-state index in [0.717, 1.165) is 5.56 Å². The van der Waals surface area contributed by atoms with Crippen molar-refractivity contribution in [1.29, 1.82) is 0 Å². The highest BCUT2D eigenvalue weighted by atomic mass is 32.2. The summed E-state index contributed by atoms with van der Waals surface area (Å²) in [6, 6.07) is 8.44. The second kappa shape index (κ2) is 16.0. The third-order valence-corrected chi connectivity index (χ3v) is 4.97. The number of methoxy groups -OCH3 is 1. The second-order valence-electron chi connectivity index (χ2n) is 6.66. The van der Waals surface area contributed by atoms with Crippen LogP contribution in [0.2, 0.25) is 0 Å². The number of amides is 3. The maximum atomic E-state index is 12.4. The van der Waals surface area contributed by atoms with E-state index in [1.807, 2.05) is 30.3 Å². The zero-order chi connectivity index (χ0) is 22.9. The van der Waals surface area contributed by atoms with Crippen molar-refractivity contribution in [3.63, 3.8) is 0 Å². The lowest BCUT2D eigenvalue weighted by Crippen LogP contribution is -2.41. The van der Waals surface area contributed by atoms with Crippen molar-refractivity contribution >= 4 is 35.6 Å². The van der Waals surface area contributed by atoms with Gasteiger partial charge in [-0.05, 0) is 24.8 Å². The molecule has 10 heteroatoms. The number of unbranched alkanes of at least 4 members (excludes halogenated alkanes) is 1. The third kappa shape index (κ3) is 13.2. The molecule has 3 N–H and O–H groups in total. The lowest BCUT2D eigenvalue weighted by Gasteiger charge is -2.17. The van der Waals surface area contributed by atoms with Crippen molar-refractivity contribution in [2.75, 3.05) is 25.3 Å². The first kappa shape index (κ1) is 26.3. The number of carbonyl (C=O) groups excluding carboxylic acids is 4. The Morgan fingerprint density at radius 2 is 1.81 bits per heavy atom. The maximum Gasteiger partial charge on any atom is 0.407 e. The number of rotatable bonds is 14. The summed E-state index contributed by atoms with van der Waals surface area (Å²) in [5.74, 6) is 0.402. The molecule has 3 amide bonds. The van der Waals surface area contributed by atoms with Gasteiger partial charge in [-0.15, -0.1) is 11.8 Å². The van der Waals surface area contributed by atoms with Crippen LogP contribution in [0.4, 0.5) is 4.79 Å². The van der Waals surface area contributed by atoms with Crippen molar-refractivity contribution < 1.29 is 28.7 Å². The molecular weight excluding hydrogens is 422 g/mol. The molecule has 0 aromatic heterocycles. The number of benzene rings is 1. The van der Waals surface area contributed by atoms with Gasteiger partial charge in [-0.25, -0.2) is 9.59 Å². The molecule has 0 saturated heterocycles. The SMILES string of the molecule is COC(=O)NC(CCCCNC(=O)CCSCNC(C)=O)C(=O)OCc1ccccc1. The Balaban J connectivity index is 2.27. The third-order valence-electron chi connectivity index (χ3n) is 4.12. The largest absolute Gasteiger partial charge is 0.459 e. The highest BCUT2D eigenvalue weighted by Gasteiger charge is 2.22. The average molecular weight is 454 g/mol. The average Bonchev–Trinajstić information content (AvgIpc) is 2.76. The summed E-state index contributed by atoms with van der Waals surface area (Å²) in [6.07, 6.45) is 1.28. The molecule has 0 bridgehead atoms. The first-order valence-electron chi connectivity index (χ1n) is 10.1. The van der Waals surface area contributed by atoms with Gasteiger partial charge in [0.25, 0.3) is 0 Å². The number of carbonyl (C=O) groups is 4. The van der Waals surface area contributed by atoms with Gasteiger partial charge < -0.3 is 25.4 Å². The van der Waals surface area contributed by atoms with Gasteiger partial charge in [0.15, 0.2) is 0 Å². The van der Waals surface area contributed by atoms with Gasteiger partial charge in [-0.3, -0.25) is 9.59 Å². The van der Waals surface area contributed by atoms with Gasteiger partial charge in [-0.1, -0.05) is 30.3 Å². The van der Waals surface area contributed by atoms with E-state index >= 15 is 0 Å². The first-order valence-corrected chi connectivity index (χ1v) is 11.2. The van der Waals surface area contributed by atoms with E-state index in [0.29, 0.717) is 43.9 Å². The van der Waals surface area contributed by atoms with Crippen LogP contribution in [0.5, 0.6) is 0 Å². The monoisotopic (exact) mass is 453 g/mol. The van der Waals surface area contributed by atoms with E-state index in [4.69, 9.17) is 4.74 Å². The normalized spacial score (nSPS) is 11.2. The van der Waals surface area contributed by atoms with Gasteiger partial charge in [0.1, 0.15) is 12.6 Å². The Labute approximate surface area is 187 Å². The minimum atomic E-state index is -0.822. The number of thioether (sulfide) groups is 1. The van der Waals surface area contributed by atoms with Crippen molar-refractivity contribution in [3.05, 3.63) is 35.9 Å². The summed E-state index contributed by atoms with van der Waals surface area (Å²) in [5.41, 5.74) is 0.852. The van der Waals surface area contributed by atoms with E-state index in [1.165, 1.54) is 25.8 Å². The summed E-state index contributed by atoms with van der Waals surface area (Å²) in [7, 11) is 1.23. The number of hydrogen-bond acceptors (Lipinski definition) is 7. The molecule has 31 heavy (non-hydrogen) atoms.